The molecule has 0 bridgehead atoms. The molecule has 19 heavy (non-hydrogen) atoms. The summed E-state index contributed by atoms with van der Waals surface area (Å²) < 4.78 is 0. The van der Waals surface area contributed by atoms with Gasteiger partial charge in [-0.15, -0.1) is 0 Å². The van der Waals surface area contributed by atoms with Crippen molar-refractivity contribution in [1.29, 1.82) is 0 Å². The van der Waals surface area contributed by atoms with Crippen LogP contribution >= 0.6 is 0 Å². The van der Waals surface area contributed by atoms with Gasteiger partial charge in [0.05, 0.1) is 6.33 Å². The first-order valence-electron chi connectivity index (χ1n) is 6.83. The van der Waals surface area contributed by atoms with Crippen LogP contribution in [-0.2, 0) is 0 Å². The SMILES string of the molecule is CNc1nc(N2CCC(C(C)C)C2)c2[nH]cnc2n1. The Labute approximate surface area is 112 Å². The first-order valence-corrected chi connectivity index (χ1v) is 6.83. The molecule has 0 spiro atoms. The number of imidazole rings is 1. The van der Waals surface area contributed by atoms with Crippen LogP contribution in [0, 0.1) is 11.8 Å². The summed E-state index contributed by atoms with van der Waals surface area (Å²) in [6.45, 7) is 6.70. The standard InChI is InChI=1S/C13H20N6/c1-8(2)9-4-5-19(6-9)12-10-11(16-7-15-10)17-13(14-3)18-12/h7-9H,4-6H2,1-3H3,(H2,14,15,16,17,18). The Balaban J connectivity index is 1.98. The topological polar surface area (TPSA) is 69.7 Å². The van der Waals surface area contributed by atoms with Crippen LogP contribution in [0.5, 0.6) is 0 Å². The third-order valence-corrected chi connectivity index (χ3v) is 3.96. The summed E-state index contributed by atoms with van der Waals surface area (Å²) in [4.78, 5) is 18.7. The number of hydrogen-bond acceptors (Lipinski definition) is 5. The van der Waals surface area contributed by atoms with E-state index in [4.69, 9.17) is 0 Å². The van der Waals surface area contributed by atoms with Gasteiger partial charge in [-0.25, -0.2) is 4.98 Å². The summed E-state index contributed by atoms with van der Waals surface area (Å²) in [6, 6.07) is 0. The summed E-state index contributed by atoms with van der Waals surface area (Å²) in [5, 5.41) is 3.00. The molecule has 102 valence electrons. The number of nitrogens with zero attached hydrogens (tertiary/aromatic N) is 4. The molecule has 1 aliphatic heterocycles. The van der Waals surface area contributed by atoms with Gasteiger partial charge in [0.15, 0.2) is 11.5 Å². The Bertz CT molecular complexity index is 576. The van der Waals surface area contributed by atoms with E-state index in [1.807, 2.05) is 7.05 Å². The lowest BCUT2D eigenvalue weighted by molar-refractivity contribution is 0.422. The number of fused-ring (bicyclic) bond motifs is 1. The average Bonchev–Trinajstić information content (AvgIpc) is 3.06. The zero-order valence-corrected chi connectivity index (χ0v) is 11.6. The summed E-state index contributed by atoms with van der Waals surface area (Å²) in [5.74, 6) is 3.05. The number of nitrogens with one attached hydrogen (secondary N) is 2. The van der Waals surface area contributed by atoms with Gasteiger partial charge in [-0.2, -0.15) is 9.97 Å². The Morgan fingerprint density at radius 1 is 1.42 bits per heavy atom. The van der Waals surface area contributed by atoms with Crippen LogP contribution in [0.1, 0.15) is 20.3 Å². The second-order valence-electron chi connectivity index (χ2n) is 5.46. The Morgan fingerprint density at radius 3 is 2.95 bits per heavy atom. The van der Waals surface area contributed by atoms with Gasteiger partial charge >= 0.3 is 0 Å². The molecule has 6 heteroatoms. The lowest BCUT2D eigenvalue weighted by Gasteiger charge is -2.19. The first kappa shape index (κ1) is 12.2. The molecule has 3 heterocycles. The van der Waals surface area contributed by atoms with Gasteiger partial charge in [-0.3, -0.25) is 0 Å². The van der Waals surface area contributed by atoms with Crippen molar-refractivity contribution >= 4 is 22.9 Å². The van der Waals surface area contributed by atoms with Gasteiger partial charge in [-0.1, -0.05) is 13.8 Å². The minimum absolute atomic E-state index is 0.627. The van der Waals surface area contributed by atoms with Crippen LogP contribution in [0.15, 0.2) is 6.33 Å². The maximum atomic E-state index is 4.60. The number of aromatic amines is 1. The van der Waals surface area contributed by atoms with Crippen molar-refractivity contribution in [2.24, 2.45) is 11.8 Å². The van der Waals surface area contributed by atoms with Crippen molar-refractivity contribution in [3.63, 3.8) is 0 Å². The van der Waals surface area contributed by atoms with E-state index in [0.29, 0.717) is 11.9 Å². The highest BCUT2D eigenvalue weighted by Gasteiger charge is 2.27. The van der Waals surface area contributed by atoms with Crippen LogP contribution in [-0.4, -0.2) is 40.1 Å². The predicted octanol–water partition coefficient (Wildman–Crippen LogP) is 1.88. The van der Waals surface area contributed by atoms with Gasteiger partial charge in [0.1, 0.15) is 5.52 Å². The van der Waals surface area contributed by atoms with E-state index in [2.05, 4.69) is 44.0 Å². The molecule has 0 saturated carbocycles. The molecule has 1 atom stereocenters. The normalized spacial score (nSPS) is 19.6. The molecular formula is C13H20N6. The Kier molecular flexibility index (Phi) is 3.00. The molecule has 1 saturated heterocycles. The highest BCUT2D eigenvalue weighted by atomic mass is 15.3. The molecule has 1 fully saturated rings. The van der Waals surface area contributed by atoms with Crippen LogP contribution in [0.25, 0.3) is 11.2 Å². The molecule has 0 aromatic carbocycles. The molecule has 3 rings (SSSR count). The molecule has 0 radical (unpaired) electrons. The zero-order chi connectivity index (χ0) is 13.4. The van der Waals surface area contributed by atoms with Gasteiger partial charge in [0, 0.05) is 20.1 Å². The number of rotatable bonds is 3. The Morgan fingerprint density at radius 2 is 2.26 bits per heavy atom. The van der Waals surface area contributed by atoms with Crippen LogP contribution in [0.4, 0.5) is 11.8 Å². The van der Waals surface area contributed by atoms with Gasteiger partial charge in [0.25, 0.3) is 0 Å². The van der Waals surface area contributed by atoms with Gasteiger partial charge in [0.2, 0.25) is 5.95 Å². The third kappa shape index (κ3) is 2.11. The van der Waals surface area contributed by atoms with Crippen LogP contribution in [0.3, 0.4) is 0 Å². The highest BCUT2D eigenvalue weighted by Crippen LogP contribution is 2.30. The van der Waals surface area contributed by atoms with E-state index in [9.17, 15) is 0 Å². The highest BCUT2D eigenvalue weighted by molar-refractivity contribution is 5.84. The Hall–Kier alpha value is -1.85. The number of hydrogen-bond donors (Lipinski definition) is 2. The van der Waals surface area contributed by atoms with Crippen molar-refractivity contribution in [2.75, 3.05) is 30.4 Å². The van der Waals surface area contributed by atoms with Crippen molar-refractivity contribution in [1.82, 2.24) is 19.9 Å². The zero-order valence-electron chi connectivity index (χ0n) is 11.6. The smallest absolute Gasteiger partial charge is 0.226 e. The molecule has 2 aromatic rings. The predicted molar refractivity (Wildman–Crippen MR) is 76.4 cm³/mol. The van der Waals surface area contributed by atoms with Gasteiger partial charge < -0.3 is 15.2 Å². The van der Waals surface area contributed by atoms with E-state index >= 15 is 0 Å². The number of H-pyrrole nitrogens is 1. The van der Waals surface area contributed by atoms with Crippen molar-refractivity contribution in [2.45, 2.75) is 20.3 Å². The molecule has 2 N–H and O–H groups in total. The van der Waals surface area contributed by atoms with E-state index in [0.717, 1.165) is 36.0 Å². The second-order valence-corrected chi connectivity index (χ2v) is 5.46. The van der Waals surface area contributed by atoms with E-state index in [1.54, 1.807) is 6.33 Å². The summed E-state index contributed by atoms with van der Waals surface area (Å²) in [7, 11) is 1.83. The van der Waals surface area contributed by atoms with Crippen LogP contribution < -0.4 is 10.2 Å². The van der Waals surface area contributed by atoms with Crippen LogP contribution in [0.2, 0.25) is 0 Å². The second kappa shape index (κ2) is 4.68. The fourth-order valence-corrected chi connectivity index (χ4v) is 2.68. The molecule has 1 aliphatic rings. The minimum atomic E-state index is 0.627. The minimum Gasteiger partial charge on any atom is -0.357 e. The molecule has 0 aliphatic carbocycles. The number of aromatic nitrogens is 4. The summed E-state index contributed by atoms with van der Waals surface area (Å²) in [6.07, 6.45) is 2.91. The largest absolute Gasteiger partial charge is 0.357 e. The van der Waals surface area contributed by atoms with E-state index < -0.39 is 0 Å². The fraction of sp³-hybridized carbons (Fsp3) is 0.615. The fourth-order valence-electron chi connectivity index (χ4n) is 2.68. The monoisotopic (exact) mass is 260 g/mol. The van der Waals surface area contributed by atoms with E-state index in [1.165, 1.54) is 6.42 Å². The molecule has 0 amide bonds. The molecule has 6 nitrogen and oxygen atoms in total. The quantitative estimate of drug-likeness (QED) is 0.881. The maximum Gasteiger partial charge on any atom is 0.226 e. The number of anilines is 2. The van der Waals surface area contributed by atoms with Crippen molar-refractivity contribution in [3.8, 4) is 0 Å². The van der Waals surface area contributed by atoms with Crippen molar-refractivity contribution in [3.05, 3.63) is 6.33 Å². The summed E-state index contributed by atoms with van der Waals surface area (Å²) in [5.41, 5.74) is 1.66. The maximum absolute atomic E-state index is 4.60. The van der Waals surface area contributed by atoms with Gasteiger partial charge in [-0.05, 0) is 18.3 Å². The first-order chi connectivity index (χ1) is 9.19. The third-order valence-electron chi connectivity index (χ3n) is 3.96. The summed E-state index contributed by atoms with van der Waals surface area (Å²) >= 11 is 0. The van der Waals surface area contributed by atoms with E-state index in [-0.39, 0.29) is 0 Å². The molecule has 1 unspecified atom stereocenters. The molecular weight excluding hydrogens is 240 g/mol. The van der Waals surface area contributed by atoms with Crippen molar-refractivity contribution < 1.29 is 0 Å². The lowest BCUT2D eigenvalue weighted by Crippen LogP contribution is -2.23. The molecule has 2 aromatic heterocycles. The lowest BCUT2D eigenvalue weighted by atomic mass is 9.95. The average molecular weight is 260 g/mol.